The van der Waals surface area contributed by atoms with E-state index in [1.54, 1.807) is 28.6 Å². The van der Waals surface area contributed by atoms with E-state index in [0.717, 1.165) is 24.8 Å². The van der Waals surface area contributed by atoms with Crippen molar-refractivity contribution in [2.75, 3.05) is 18.4 Å². The molecular formula is C27H35N3O4S. The molecule has 188 valence electrons. The summed E-state index contributed by atoms with van der Waals surface area (Å²) in [5, 5.41) is 2.92. The molecule has 0 aliphatic carbocycles. The Bertz CT molecular complexity index is 1160. The van der Waals surface area contributed by atoms with Crippen LogP contribution in [0, 0.1) is 12.8 Å². The van der Waals surface area contributed by atoms with Gasteiger partial charge in [-0.2, -0.15) is 4.31 Å². The topological polar surface area (TPSA) is 86.8 Å². The fourth-order valence-electron chi connectivity index (χ4n) is 5.28. The number of likely N-dealkylation sites (tertiary alicyclic amines) is 1. The van der Waals surface area contributed by atoms with Gasteiger partial charge in [0, 0.05) is 42.3 Å². The Balaban J connectivity index is 1.34. The second-order valence-corrected chi connectivity index (χ2v) is 11.7. The lowest BCUT2D eigenvalue weighted by molar-refractivity contribution is -0.121. The van der Waals surface area contributed by atoms with Crippen LogP contribution in [0.1, 0.15) is 61.9 Å². The molecule has 0 aromatic heterocycles. The van der Waals surface area contributed by atoms with Gasteiger partial charge in [-0.05, 0) is 82.3 Å². The van der Waals surface area contributed by atoms with Crippen molar-refractivity contribution in [3.63, 3.8) is 0 Å². The number of hydrogen-bond donors (Lipinski definition) is 1. The van der Waals surface area contributed by atoms with Gasteiger partial charge in [-0.1, -0.05) is 24.6 Å². The Kier molecular flexibility index (Phi) is 7.62. The van der Waals surface area contributed by atoms with Crippen LogP contribution in [0.5, 0.6) is 0 Å². The molecule has 2 aliphatic rings. The summed E-state index contributed by atoms with van der Waals surface area (Å²) in [5.74, 6) is -0.271. The molecule has 2 aromatic carbocycles. The van der Waals surface area contributed by atoms with Gasteiger partial charge in [0.2, 0.25) is 15.9 Å². The lowest BCUT2D eigenvalue weighted by Gasteiger charge is -2.37. The Morgan fingerprint density at radius 1 is 0.886 bits per heavy atom. The summed E-state index contributed by atoms with van der Waals surface area (Å²) in [7, 11) is -3.58. The third-order valence-electron chi connectivity index (χ3n) is 7.34. The van der Waals surface area contributed by atoms with E-state index in [4.69, 9.17) is 0 Å². The van der Waals surface area contributed by atoms with E-state index >= 15 is 0 Å². The number of nitrogens with zero attached hydrogens (tertiary/aromatic N) is 2. The summed E-state index contributed by atoms with van der Waals surface area (Å²) in [6.07, 6.45) is 3.97. The van der Waals surface area contributed by atoms with Gasteiger partial charge < -0.3 is 10.2 Å². The summed E-state index contributed by atoms with van der Waals surface area (Å²) < 4.78 is 28.0. The van der Waals surface area contributed by atoms with Crippen LogP contribution < -0.4 is 5.32 Å². The summed E-state index contributed by atoms with van der Waals surface area (Å²) in [4.78, 5) is 27.7. The zero-order valence-corrected chi connectivity index (χ0v) is 21.6. The van der Waals surface area contributed by atoms with Crippen LogP contribution >= 0.6 is 0 Å². The highest BCUT2D eigenvalue weighted by atomic mass is 32.2. The van der Waals surface area contributed by atoms with Crippen LogP contribution in [0.4, 0.5) is 5.69 Å². The van der Waals surface area contributed by atoms with Crippen LogP contribution in [0.25, 0.3) is 0 Å². The fourth-order valence-corrected chi connectivity index (χ4v) is 7.16. The van der Waals surface area contributed by atoms with E-state index in [1.165, 1.54) is 0 Å². The molecule has 0 unspecified atom stereocenters. The Morgan fingerprint density at radius 2 is 1.49 bits per heavy atom. The van der Waals surface area contributed by atoms with Gasteiger partial charge in [-0.15, -0.1) is 0 Å². The van der Waals surface area contributed by atoms with Crippen molar-refractivity contribution in [2.24, 2.45) is 5.92 Å². The average molecular weight is 498 g/mol. The van der Waals surface area contributed by atoms with Crippen LogP contribution in [-0.4, -0.2) is 54.6 Å². The molecule has 0 saturated carbocycles. The minimum atomic E-state index is -3.58. The Morgan fingerprint density at radius 3 is 2.09 bits per heavy atom. The second-order valence-electron chi connectivity index (χ2n) is 9.86. The number of hydrogen-bond acceptors (Lipinski definition) is 4. The highest BCUT2D eigenvalue weighted by molar-refractivity contribution is 7.89. The third kappa shape index (κ3) is 5.43. The maximum Gasteiger partial charge on any atom is 0.254 e. The normalized spacial score (nSPS) is 22.1. The van der Waals surface area contributed by atoms with Gasteiger partial charge in [0.05, 0.1) is 4.90 Å². The van der Waals surface area contributed by atoms with Crippen molar-refractivity contribution in [1.29, 1.82) is 0 Å². The largest absolute Gasteiger partial charge is 0.339 e. The van der Waals surface area contributed by atoms with Crippen molar-refractivity contribution >= 4 is 27.5 Å². The minimum absolute atomic E-state index is 0.0103. The molecule has 2 fully saturated rings. The average Bonchev–Trinajstić information content (AvgIpc) is 2.84. The zero-order valence-electron chi connectivity index (χ0n) is 20.7. The summed E-state index contributed by atoms with van der Waals surface area (Å²) in [5.41, 5.74) is 2.23. The van der Waals surface area contributed by atoms with Gasteiger partial charge in [-0.3, -0.25) is 9.59 Å². The van der Waals surface area contributed by atoms with Gasteiger partial charge in [-0.25, -0.2) is 8.42 Å². The molecular weight excluding hydrogens is 462 g/mol. The maximum absolute atomic E-state index is 13.2. The SMILES string of the molecule is Cc1ccccc1C(=O)N1CCC(C(=O)Nc2ccc(S(=O)(=O)N3[C@H](C)CCC[C@@H]3C)cc2)CC1. The van der Waals surface area contributed by atoms with Gasteiger partial charge in [0.1, 0.15) is 0 Å². The molecule has 2 amide bonds. The number of anilines is 1. The first-order chi connectivity index (χ1) is 16.7. The summed E-state index contributed by atoms with van der Waals surface area (Å²) >= 11 is 0. The van der Waals surface area contributed by atoms with Crippen molar-refractivity contribution in [3.05, 3.63) is 59.7 Å². The number of aryl methyl sites for hydroxylation is 1. The number of sulfonamides is 1. The lowest BCUT2D eigenvalue weighted by Crippen LogP contribution is -2.47. The van der Waals surface area contributed by atoms with E-state index in [2.05, 4.69) is 5.32 Å². The molecule has 8 heteroatoms. The predicted octanol–water partition coefficient (Wildman–Crippen LogP) is 4.44. The Labute approximate surface area is 208 Å². The van der Waals surface area contributed by atoms with Crippen molar-refractivity contribution in [1.82, 2.24) is 9.21 Å². The van der Waals surface area contributed by atoms with E-state index in [1.807, 2.05) is 49.9 Å². The number of carbonyl (C=O) groups excluding carboxylic acids is 2. The second kappa shape index (κ2) is 10.5. The van der Waals surface area contributed by atoms with E-state index in [9.17, 15) is 18.0 Å². The number of piperidine rings is 2. The molecule has 2 aromatic rings. The first kappa shape index (κ1) is 25.4. The first-order valence-corrected chi connectivity index (χ1v) is 13.9. The van der Waals surface area contributed by atoms with Crippen LogP contribution in [0.15, 0.2) is 53.4 Å². The summed E-state index contributed by atoms with van der Waals surface area (Å²) in [6, 6.07) is 14.0. The van der Waals surface area contributed by atoms with Crippen LogP contribution in [0.2, 0.25) is 0 Å². The quantitative estimate of drug-likeness (QED) is 0.662. The predicted molar refractivity (Wildman–Crippen MR) is 137 cm³/mol. The monoisotopic (exact) mass is 497 g/mol. The minimum Gasteiger partial charge on any atom is -0.339 e. The molecule has 2 saturated heterocycles. The first-order valence-electron chi connectivity index (χ1n) is 12.5. The molecule has 0 bridgehead atoms. The molecule has 1 N–H and O–H groups in total. The van der Waals surface area contributed by atoms with Gasteiger partial charge >= 0.3 is 0 Å². The molecule has 0 radical (unpaired) electrons. The fraction of sp³-hybridized carbons (Fsp3) is 0.481. The number of nitrogens with one attached hydrogen (secondary N) is 1. The zero-order chi connectivity index (χ0) is 25.2. The van der Waals surface area contributed by atoms with Crippen molar-refractivity contribution in [3.8, 4) is 0 Å². The van der Waals surface area contributed by atoms with Gasteiger partial charge in [0.15, 0.2) is 0 Å². The number of rotatable bonds is 5. The molecule has 2 aliphatic heterocycles. The Hall–Kier alpha value is -2.71. The van der Waals surface area contributed by atoms with E-state index in [0.29, 0.717) is 37.2 Å². The number of amides is 2. The molecule has 0 spiro atoms. The van der Waals surface area contributed by atoms with Gasteiger partial charge in [0.25, 0.3) is 5.91 Å². The molecule has 2 heterocycles. The highest BCUT2D eigenvalue weighted by Gasteiger charge is 2.35. The smallest absolute Gasteiger partial charge is 0.254 e. The molecule has 2 atom stereocenters. The highest BCUT2D eigenvalue weighted by Crippen LogP contribution is 2.30. The number of benzene rings is 2. The van der Waals surface area contributed by atoms with E-state index < -0.39 is 10.0 Å². The summed E-state index contributed by atoms with van der Waals surface area (Å²) in [6.45, 7) is 6.92. The lowest BCUT2D eigenvalue weighted by atomic mass is 9.95. The molecule has 35 heavy (non-hydrogen) atoms. The van der Waals surface area contributed by atoms with Crippen molar-refractivity contribution < 1.29 is 18.0 Å². The van der Waals surface area contributed by atoms with Crippen LogP contribution in [-0.2, 0) is 14.8 Å². The van der Waals surface area contributed by atoms with Crippen LogP contribution in [0.3, 0.4) is 0 Å². The third-order valence-corrected chi connectivity index (χ3v) is 9.48. The van der Waals surface area contributed by atoms with E-state index in [-0.39, 0.29) is 34.7 Å². The molecule has 4 rings (SSSR count). The maximum atomic E-state index is 13.2. The standard InChI is InChI=1S/C27H35N3O4S/c1-19-7-4-5-10-25(19)27(32)29-17-15-22(16-18-29)26(31)28-23-11-13-24(14-12-23)35(33,34)30-20(2)8-6-9-21(30)3/h4-5,7,10-14,20-22H,6,8-9,15-18H2,1-3H3,(H,28,31)/t20-,21+. The number of carbonyl (C=O) groups is 2. The molecule has 7 nitrogen and oxygen atoms in total. The van der Waals surface area contributed by atoms with Crippen molar-refractivity contribution in [2.45, 2.75) is 69.9 Å².